The van der Waals surface area contributed by atoms with Crippen molar-refractivity contribution in [2.75, 3.05) is 0 Å². The zero-order valence-electron chi connectivity index (χ0n) is 76.3. The molecule has 0 aliphatic carbocycles. The maximum Gasteiger partial charge on any atom is 0.266 e. The van der Waals surface area contributed by atoms with E-state index in [4.69, 9.17) is 37.7 Å². The van der Waals surface area contributed by atoms with Crippen molar-refractivity contribution >= 4 is 54.5 Å². The highest BCUT2D eigenvalue weighted by atomic mass is 16.5. The lowest BCUT2D eigenvalue weighted by atomic mass is 9.85. The van der Waals surface area contributed by atoms with Crippen LogP contribution in [-0.2, 0) is 64.8 Å². The van der Waals surface area contributed by atoms with Gasteiger partial charge in [-0.2, -0.15) is 4.98 Å². The molecule has 25 rings (SSSR count). The van der Waals surface area contributed by atoms with Gasteiger partial charge in [-0.25, -0.2) is 29.6 Å². The van der Waals surface area contributed by atoms with Crippen LogP contribution in [0.3, 0.4) is 0 Å². The van der Waals surface area contributed by atoms with Gasteiger partial charge in [0.1, 0.15) is 51.9 Å². The van der Waals surface area contributed by atoms with Crippen LogP contribution in [-0.4, -0.2) is 123 Å². The van der Waals surface area contributed by atoms with E-state index in [0.717, 1.165) is 151 Å². The summed E-state index contributed by atoms with van der Waals surface area (Å²) in [4.78, 5) is 110. The third-order valence-corrected chi connectivity index (χ3v) is 25.3. The van der Waals surface area contributed by atoms with Crippen LogP contribution in [0.15, 0.2) is 267 Å². The molecule has 5 aliphatic heterocycles. The first-order valence-electron chi connectivity index (χ1n) is 45.5. The Morgan fingerprint density at radius 1 is 0.314 bits per heavy atom. The van der Waals surface area contributed by atoms with Crippen molar-refractivity contribution in [1.82, 2.24) is 123 Å². The molecule has 682 valence electrons. The molecule has 0 fully saturated rings. The van der Waals surface area contributed by atoms with Crippen LogP contribution in [0, 0.1) is 21.7 Å². The predicted octanol–water partition coefficient (Wildman–Crippen LogP) is 16.5. The van der Waals surface area contributed by atoms with Gasteiger partial charge in [0, 0.05) is 117 Å². The molecule has 0 radical (unpaired) electrons. The molecule has 14 aromatic heterocycles. The van der Waals surface area contributed by atoms with Crippen LogP contribution < -0.4 is 27.8 Å². The number of pyridine rings is 4. The van der Waals surface area contributed by atoms with Crippen molar-refractivity contribution in [3.8, 4) is 109 Å². The summed E-state index contributed by atoms with van der Waals surface area (Å²) < 4.78 is 33.6. The molecule has 0 unspecified atom stereocenters. The van der Waals surface area contributed by atoms with Gasteiger partial charge in [0.25, 0.3) is 51.4 Å². The van der Waals surface area contributed by atoms with E-state index in [-0.39, 0.29) is 49.5 Å². The fraction of sp³-hybridized carbons (Fsp3) is 0.262. The van der Waals surface area contributed by atoms with Crippen LogP contribution in [0.4, 0.5) is 0 Å². The highest BCUT2D eigenvalue weighted by molar-refractivity contribution is 5.87. The Balaban J connectivity index is 0.000000102. The Bertz CT molecular complexity index is 8170. The number of rotatable bonds is 10. The maximum absolute atomic E-state index is 13.0. The van der Waals surface area contributed by atoms with Crippen LogP contribution in [0.1, 0.15) is 117 Å². The summed E-state index contributed by atoms with van der Waals surface area (Å²) in [5.41, 5.74) is 12.0. The molecule has 0 saturated carbocycles. The average Bonchev–Trinajstić information content (AvgIpc) is 1.71. The minimum atomic E-state index is 0.00632. The summed E-state index contributed by atoms with van der Waals surface area (Å²) in [5.74, 6) is 7.26. The van der Waals surface area contributed by atoms with E-state index in [1.165, 1.54) is 0 Å². The first kappa shape index (κ1) is 87.0. The van der Waals surface area contributed by atoms with Crippen molar-refractivity contribution in [2.45, 2.75) is 152 Å². The lowest BCUT2D eigenvalue weighted by Gasteiger charge is -2.31. The molecular weight excluding hydrogens is 1730 g/mol. The minimum absolute atomic E-state index is 0.00632. The molecule has 0 saturated heterocycles. The van der Waals surface area contributed by atoms with Crippen LogP contribution in [0.25, 0.3) is 164 Å². The van der Waals surface area contributed by atoms with E-state index in [1.54, 1.807) is 69.1 Å². The summed E-state index contributed by atoms with van der Waals surface area (Å²) in [7, 11) is 0. The van der Waals surface area contributed by atoms with Crippen molar-refractivity contribution < 1.29 is 17.8 Å². The topological polar surface area (TPSA) is 412 Å². The number of hydrogen-bond acceptors (Lipinski definition) is 28. The zero-order chi connectivity index (χ0) is 94.0. The lowest BCUT2D eigenvalue weighted by molar-refractivity contribution is 0.240. The number of aryl methyl sites for hydroxylation is 4. The molecule has 0 spiro atoms. The van der Waals surface area contributed by atoms with Crippen molar-refractivity contribution in [1.29, 1.82) is 0 Å². The summed E-state index contributed by atoms with van der Waals surface area (Å²) in [6, 6.07) is 59.5. The fourth-order valence-corrected chi connectivity index (χ4v) is 18.1. The average molecular weight is 1820 g/mol. The van der Waals surface area contributed by atoms with E-state index < -0.39 is 0 Å². The molecule has 0 atom stereocenters. The standard InChI is InChI=1S/C22H21N5O.2C21H19N5O2.C20H17N5O2.C19H15N5O2/c1-22(2)11-10-20-24-18-12-15(8-9-17(18)21(28)26(20)14-22)19-13-23-25-27(19)16-6-4-3-5-7-16;1-21(2)9-8-17-23-16-11-13(6-7-14(16)20(27)26(17)12-21)19-24-18(25-28-19)15-5-3-4-10-22-15;1-21(2)9-8-17-23-16-11-13(6-7-14(16)20(27)26(17)12-21)18-24-25-19(28-18)15-5-3-4-10-22-15;1-20(2)10-16-22-15-9-12(6-7-13(15)19(26)25(16)11-20)17-23-24-18(27-17)14-5-3-4-8-21-14;25-19-13-8-7-12(11-15(13)21-16-6-2-4-10-24(16)19)17-22-23-18(26-17)14-5-1-3-9-20-14/h3-9,12-13H,10-11,14H2,1-2H3;2*3-7,10-11H,8-9,12H2,1-2H3;3-9H,10-11H2,1-2H3;1,3,5,7-9,11H,2,4,6,10H2. The quantitative estimate of drug-likeness (QED) is 0.123. The van der Waals surface area contributed by atoms with Gasteiger partial charge in [-0.15, -0.1) is 35.7 Å². The Morgan fingerprint density at radius 2 is 0.657 bits per heavy atom. The van der Waals surface area contributed by atoms with E-state index in [2.05, 4.69) is 131 Å². The summed E-state index contributed by atoms with van der Waals surface area (Å²) in [6.45, 7) is 21.0. The Kier molecular flexibility index (Phi) is 22.5. The number of nitrogens with zero attached hydrogens (tertiary/aromatic N) is 25. The maximum atomic E-state index is 13.0. The number of fused-ring (bicyclic) bond motifs is 10. The summed E-state index contributed by atoms with van der Waals surface area (Å²) >= 11 is 0. The fourth-order valence-electron chi connectivity index (χ4n) is 18.1. The molecule has 20 aromatic rings. The second-order valence-electron chi connectivity index (χ2n) is 38.0. The number of hydrogen-bond donors (Lipinski definition) is 0. The molecule has 0 N–H and O–H groups in total. The van der Waals surface area contributed by atoms with E-state index in [1.807, 2.05) is 184 Å². The highest BCUT2D eigenvalue weighted by Gasteiger charge is 2.34. The molecule has 0 amide bonds. The first-order chi connectivity index (χ1) is 66.3. The monoisotopic (exact) mass is 1820 g/mol. The molecule has 5 aliphatic rings. The van der Waals surface area contributed by atoms with Gasteiger partial charge in [-0.1, -0.05) is 114 Å². The van der Waals surface area contributed by atoms with Crippen LogP contribution in [0.2, 0.25) is 0 Å². The van der Waals surface area contributed by atoms with Crippen LogP contribution in [0.5, 0.6) is 0 Å². The van der Waals surface area contributed by atoms with Crippen molar-refractivity contribution in [2.24, 2.45) is 21.7 Å². The molecular formula is C103H91N25O9. The van der Waals surface area contributed by atoms with Gasteiger partial charge < -0.3 is 17.8 Å². The van der Waals surface area contributed by atoms with Gasteiger partial charge in [0.15, 0.2) is 0 Å². The van der Waals surface area contributed by atoms with E-state index in [9.17, 15) is 24.0 Å². The Hall–Kier alpha value is -16.7. The van der Waals surface area contributed by atoms with E-state index in [0.29, 0.717) is 138 Å². The van der Waals surface area contributed by atoms with Crippen molar-refractivity contribution in [3.63, 3.8) is 0 Å². The molecule has 19 heterocycles. The normalized spacial score (nSPS) is 15.1. The predicted molar refractivity (Wildman–Crippen MR) is 513 cm³/mol. The lowest BCUT2D eigenvalue weighted by Crippen LogP contribution is -2.36. The van der Waals surface area contributed by atoms with Gasteiger partial charge in [-0.3, -0.25) is 66.7 Å². The minimum Gasteiger partial charge on any atom is -0.415 e. The summed E-state index contributed by atoms with van der Waals surface area (Å²) in [5, 5.41) is 40.0. The number of para-hydroxylation sites is 1. The van der Waals surface area contributed by atoms with Gasteiger partial charge >= 0.3 is 0 Å². The van der Waals surface area contributed by atoms with Gasteiger partial charge in [0.2, 0.25) is 23.5 Å². The van der Waals surface area contributed by atoms with Gasteiger partial charge in [0.05, 0.1) is 72.1 Å². The largest absolute Gasteiger partial charge is 0.415 e. The third-order valence-electron chi connectivity index (χ3n) is 25.3. The van der Waals surface area contributed by atoms with Crippen LogP contribution >= 0.6 is 0 Å². The number of benzene rings is 6. The molecule has 34 heteroatoms. The Morgan fingerprint density at radius 3 is 1.07 bits per heavy atom. The second kappa shape index (κ2) is 35.4. The molecule has 6 aromatic carbocycles. The highest BCUT2D eigenvalue weighted by Crippen LogP contribution is 2.38. The molecule has 137 heavy (non-hydrogen) atoms. The molecule has 34 nitrogen and oxygen atoms in total. The van der Waals surface area contributed by atoms with Crippen molar-refractivity contribution in [3.05, 3.63) is 306 Å². The first-order valence-corrected chi connectivity index (χ1v) is 45.5. The molecule has 0 bridgehead atoms. The second-order valence-corrected chi connectivity index (χ2v) is 38.0. The zero-order valence-corrected chi connectivity index (χ0v) is 76.3. The Labute approximate surface area is 780 Å². The number of aromatic nitrogens is 25. The third kappa shape index (κ3) is 17.7. The summed E-state index contributed by atoms with van der Waals surface area (Å²) in [6.07, 6.45) is 17.6. The van der Waals surface area contributed by atoms with Gasteiger partial charge in [-0.05, 0) is 199 Å². The smallest absolute Gasteiger partial charge is 0.266 e. The SMILES string of the molecule is CC1(C)CCc2nc3cc(-c4cnnn4-c4ccccc4)ccc3c(=O)n2C1.CC1(C)CCc2nc3cc(-c4nc(-c5ccccn5)no4)ccc3c(=O)n2C1.CC1(C)CCc2nc3cc(-c4nnc(-c5ccccn5)o4)ccc3c(=O)n2C1.CC1(C)Cc2nc3cc(-c4nnc(-c5ccccn5)o4)ccc3c(=O)n2C1.O=c1c2ccc(-c3nnc(-c4ccccn4)o3)cc2nc2n1CCCC2. The van der Waals surface area contributed by atoms with E-state index >= 15 is 0 Å².